The SMILES string of the molecule is CC(C)NC(=O)CNCC(C#N)c1ccccc1. The highest BCUT2D eigenvalue weighted by Gasteiger charge is 2.10. The van der Waals surface area contributed by atoms with Gasteiger partial charge in [-0.3, -0.25) is 4.79 Å². The molecule has 2 N–H and O–H groups in total. The van der Waals surface area contributed by atoms with Crippen LogP contribution in [0.3, 0.4) is 0 Å². The maximum absolute atomic E-state index is 11.4. The van der Waals surface area contributed by atoms with Crippen LogP contribution in [0.4, 0.5) is 0 Å². The fourth-order valence-corrected chi connectivity index (χ4v) is 1.63. The monoisotopic (exact) mass is 245 g/mol. The molecular formula is C14H19N3O. The van der Waals surface area contributed by atoms with Gasteiger partial charge < -0.3 is 10.6 Å². The lowest BCUT2D eigenvalue weighted by atomic mass is 10.0. The molecule has 0 bridgehead atoms. The van der Waals surface area contributed by atoms with Gasteiger partial charge >= 0.3 is 0 Å². The summed E-state index contributed by atoms with van der Waals surface area (Å²) in [6.07, 6.45) is 0. The molecule has 0 aliphatic rings. The van der Waals surface area contributed by atoms with Crippen molar-refractivity contribution in [3.05, 3.63) is 35.9 Å². The number of nitriles is 1. The third-order valence-corrected chi connectivity index (χ3v) is 2.44. The van der Waals surface area contributed by atoms with Crippen LogP contribution in [-0.2, 0) is 4.79 Å². The maximum atomic E-state index is 11.4. The summed E-state index contributed by atoms with van der Waals surface area (Å²) in [7, 11) is 0. The number of hydrogen-bond acceptors (Lipinski definition) is 3. The molecule has 0 spiro atoms. The van der Waals surface area contributed by atoms with Gasteiger partial charge in [0.25, 0.3) is 0 Å². The Morgan fingerprint density at radius 1 is 1.33 bits per heavy atom. The molecule has 96 valence electrons. The first-order valence-electron chi connectivity index (χ1n) is 6.08. The van der Waals surface area contributed by atoms with Gasteiger partial charge in [-0.25, -0.2) is 0 Å². The first-order valence-corrected chi connectivity index (χ1v) is 6.08. The van der Waals surface area contributed by atoms with Gasteiger partial charge in [-0.1, -0.05) is 30.3 Å². The van der Waals surface area contributed by atoms with Crippen molar-refractivity contribution in [2.24, 2.45) is 0 Å². The van der Waals surface area contributed by atoms with Gasteiger partial charge in [0.2, 0.25) is 5.91 Å². The minimum Gasteiger partial charge on any atom is -0.353 e. The minimum absolute atomic E-state index is 0.0465. The Morgan fingerprint density at radius 2 is 2.00 bits per heavy atom. The highest BCUT2D eigenvalue weighted by Crippen LogP contribution is 2.12. The Labute approximate surface area is 108 Å². The molecule has 1 aromatic rings. The highest BCUT2D eigenvalue weighted by atomic mass is 16.1. The van der Waals surface area contributed by atoms with E-state index in [1.807, 2.05) is 44.2 Å². The van der Waals surface area contributed by atoms with Gasteiger partial charge in [-0.15, -0.1) is 0 Å². The molecule has 0 fully saturated rings. The molecule has 4 heteroatoms. The fraction of sp³-hybridized carbons (Fsp3) is 0.429. The predicted molar refractivity (Wildman–Crippen MR) is 70.9 cm³/mol. The van der Waals surface area contributed by atoms with Crippen LogP contribution in [0, 0.1) is 11.3 Å². The van der Waals surface area contributed by atoms with Gasteiger partial charge in [0.15, 0.2) is 0 Å². The van der Waals surface area contributed by atoms with Crippen LogP contribution < -0.4 is 10.6 Å². The molecule has 0 radical (unpaired) electrons. The van der Waals surface area contributed by atoms with Gasteiger partial charge in [-0.2, -0.15) is 5.26 Å². The molecule has 1 atom stereocenters. The van der Waals surface area contributed by atoms with E-state index in [9.17, 15) is 4.79 Å². The summed E-state index contributed by atoms with van der Waals surface area (Å²) >= 11 is 0. The Kier molecular flexibility index (Phi) is 5.89. The molecule has 4 nitrogen and oxygen atoms in total. The lowest BCUT2D eigenvalue weighted by molar-refractivity contribution is -0.120. The summed E-state index contributed by atoms with van der Waals surface area (Å²) in [6.45, 7) is 4.55. The highest BCUT2D eigenvalue weighted by molar-refractivity contribution is 5.78. The lowest BCUT2D eigenvalue weighted by Crippen LogP contribution is -2.38. The first kappa shape index (κ1) is 14.2. The summed E-state index contributed by atoms with van der Waals surface area (Å²) < 4.78 is 0. The molecular weight excluding hydrogens is 226 g/mol. The van der Waals surface area contributed by atoms with Crippen LogP contribution in [0.1, 0.15) is 25.3 Å². The number of amides is 1. The molecule has 0 heterocycles. The molecule has 0 aromatic heterocycles. The van der Waals surface area contributed by atoms with Crippen molar-refractivity contribution in [2.45, 2.75) is 25.8 Å². The van der Waals surface area contributed by atoms with Crippen LogP contribution in [0.2, 0.25) is 0 Å². The summed E-state index contributed by atoms with van der Waals surface area (Å²) in [5, 5.41) is 14.9. The van der Waals surface area contributed by atoms with E-state index in [-0.39, 0.29) is 24.4 Å². The fourth-order valence-electron chi connectivity index (χ4n) is 1.63. The number of carbonyl (C=O) groups excluding carboxylic acids is 1. The average molecular weight is 245 g/mol. The maximum Gasteiger partial charge on any atom is 0.234 e. The topological polar surface area (TPSA) is 64.9 Å². The molecule has 1 aromatic carbocycles. The minimum atomic E-state index is -0.224. The van der Waals surface area contributed by atoms with Crippen LogP contribution in [0.25, 0.3) is 0 Å². The summed E-state index contributed by atoms with van der Waals surface area (Å²) in [6, 6.07) is 12.0. The van der Waals surface area contributed by atoms with Crippen molar-refractivity contribution in [3.63, 3.8) is 0 Å². The van der Waals surface area contributed by atoms with Crippen LogP contribution in [0.15, 0.2) is 30.3 Å². The van der Waals surface area contributed by atoms with Gasteiger partial charge in [0.1, 0.15) is 0 Å². The smallest absolute Gasteiger partial charge is 0.234 e. The summed E-state index contributed by atoms with van der Waals surface area (Å²) in [4.78, 5) is 11.4. The Bertz CT molecular complexity index is 409. The third kappa shape index (κ3) is 4.98. The second-order valence-electron chi connectivity index (χ2n) is 4.45. The molecule has 1 unspecified atom stereocenters. The zero-order chi connectivity index (χ0) is 13.4. The van der Waals surface area contributed by atoms with Crippen LogP contribution in [0.5, 0.6) is 0 Å². The molecule has 1 amide bonds. The largest absolute Gasteiger partial charge is 0.353 e. The van der Waals surface area contributed by atoms with Crippen molar-refractivity contribution in [1.29, 1.82) is 5.26 Å². The molecule has 1 rings (SSSR count). The molecule has 0 saturated carbocycles. The van der Waals surface area contributed by atoms with E-state index in [0.717, 1.165) is 5.56 Å². The van der Waals surface area contributed by atoms with E-state index in [2.05, 4.69) is 16.7 Å². The van der Waals surface area contributed by atoms with Gasteiger partial charge in [0.05, 0.1) is 18.5 Å². The second kappa shape index (κ2) is 7.46. The Hall–Kier alpha value is -1.86. The Balaban J connectivity index is 2.38. The van der Waals surface area contributed by atoms with E-state index in [0.29, 0.717) is 6.54 Å². The van der Waals surface area contributed by atoms with Gasteiger partial charge in [-0.05, 0) is 19.4 Å². The number of nitrogens with zero attached hydrogens (tertiary/aromatic N) is 1. The predicted octanol–water partition coefficient (Wildman–Crippen LogP) is 1.41. The van der Waals surface area contributed by atoms with Crippen LogP contribution >= 0.6 is 0 Å². The standard InChI is InChI=1S/C14H19N3O/c1-11(2)17-14(18)10-16-9-13(8-15)12-6-4-3-5-7-12/h3-7,11,13,16H,9-10H2,1-2H3,(H,17,18). The van der Waals surface area contributed by atoms with Crippen molar-refractivity contribution in [1.82, 2.24) is 10.6 Å². The molecule has 0 saturated heterocycles. The van der Waals surface area contributed by atoms with Crippen molar-refractivity contribution in [2.75, 3.05) is 13.1 Å². The molecule has 18 heavy (non-hydrogen) atoms. The van der Waals surface area contributed by atoms with E-state index in [4.69, 9.17) is 5.26 Å². The van der Waals surface area contributed by atoms with Crippen molar-refractivity contribution >= 4 is 5.91 Å². The number of nitrogens with one attached hydrogen (secondary N) is 2. The average Bonchev–Trinajstić information content (AvgIpc) is 2.35. The number of benzene rings is 1. The van der Waals surface area contributed by atoms with Crippen LogP contribution in [-0.4, -0.2) is 25.0 Å². The zero-order valence-corrected chi connectivity index (χ0v) is 10.8. The lowest BCUT2D eigenvalue weighted by Gasteiger charge is -2.12. The first-order chi connectivity index (χ1) is 8.63. The van der Waals surface area contributed by atoms with E-state index >= 15 is 0 Å². The van der Waals surface area contributed by atoms with E-state index < -0.39 is 0 Å². The molecule has 0 aliphatic carbocycles. The van der Waals surface area contributed by atoms with Gasteiger partial charge in [0, 0.05) is 12.6 Å². The number of carbonyl (C=O) groups is 1. The molecule has 0 aliphatic heterocycles. The van der Waals surface area contributed by atoms with Crippen molar-refractivity contribution in [3.8, 4) is 6.07 Å². The zero-order valence-electron chi connectivity index (χ0n) is 10.8. The summed E-state index contributed by atoms with van der Waals surface area (Å²) in [5.74, 6) is -0.271. The second-order valence-corrected chi connectivity index (χ2v) is 4.45. The normalized spacial score (nSPS) is 11.9. The Morgan fingerprint density at radius 3 is 2.56 bits per heavy atom. The number of hydrogen-bond donors (Lipinski definition) is 2. The van der Waals surface area contributed by atoms with Crippen molar-refractivity contribution < 1.29 is 4.79 Å². The van der Waals surface area contributed by atoms with E-state index in [1.54, 1.807) is 0 Å². The van der Waals surface area contributed by atoms with E-state index in [1.165, 1.54) is 0 Å². The number of rotatable bonds is 6. The third-order valence-electron chi connectivity index (χ3n) is 2.44. The quantitative estimate of drug-likeness (QED) is 0.796. The summed E-state index contributed by atoms with van der Waals surface area (Å²) in [5.41, 5.74) is 0.969.